The van der Waals surface area contributed by atoms with Crippen LogP contribution < -0.4 is 0 Å². The summed E-state index contributed by atoms with van der Waals surface area (Å²) in [4.78, 5) is 4.64. The van der Waals surface area contributed by atoms with E-state index in [4.69, 9.17) is 0 Å². The van der Waals surface area contributed by atoms with Crippen LogP contribution in [-0.2, 0) is 6.42 Å². The molecule has 1 aliphatic carbocycles. The first-order valence-electron chi connectivity index (χ1n) is 10.3. The zero-order chi connectivity index (χ0) is 19.2. The van der Waals surface area contributed by atoms with Gasteiger partial charge in [0.05, 0.1) is 23.1 Å². The molecule has 0 radical (unpaired) electrons. The van der Waals surface area contributed by atoms with Gasteiger partial charge in [0, 0.05) is 23.9 Å². The van der Waals surface area contributed by atoms with Crippen molar-refractivity contribution in [3.63, 3.8) is 0 Å². The highest BCUT2D eigenvalue weighted by atomic mass is 14.7. The maximum absolute atomic E-state index is 4.64. The molecule has 28 heavy (non-hydrogen) atoms. The van der Waals surface area contributed by atoms with Crippen molar-refractivity contribution >= 4 is 21.9 Å². The van der Waals surface area contributed by atoms with Crippen molar-refractivity contribution in [3.8, 4) is 0 Å². The monoisotopic (exact) mass is 364 g/mol. The molecule has 0 unspecified atom stereocenters. The van der Waals surface area contributed by atoms with E-state index < -0.39 is 0 Å². The Morgan fingerprint density at radius 3 is 2.61 bits per heavy atom. The van der Waals surface area contributed by atoms with Gasteiger partial charge in [0.1, 0.15) is 0 Å². The lowest BCUT2D eigenvalue weighted by molar-refractivity contribution is 0.667. The van der Waals surface area contributed by atoms with Crippen LogP contribution in [0.3, 0.4) is 0 Å². The Bertz CT molecular complexity index is 1030. The van der Waals surface area contributed by atoms with Crippen molar-refractivity contribution in [2.75, 3.05) is 0 Å². The summed E-state index contributed by atoms with van der Waals surface area (Å²) >= 11 is 0. The molecule has 1 heterocycles. The summed E-state index contributed by atoms with van der Waals surface area (Å²) in [6, 6.07) is 19.5. The second-order valence-electron chi connectivity index (χ2n) is 7.38. The summed E-state index contributed by atoms with van der Waals surface area (Å²) in [5.41, 5.74) is 5.91. The summed E-state index contributed by atoms with van der Waals surface area (Å²) in [6.07, 6.45) is 18.0. The number of pyridine rings is 1. The van der Waals surface area contributed by atoms with Crippen LogP contribution in [0.1, 0.15) is 49.4 Å². The summed E-state index contributed by atoms with van der Waals surface area (Å²) in [5.74, 6) is 0. The molecule has 0 N–H and O–H groups in total. The largest absolute Gasteiger partial charge is 0.205 e. The molecule has 0 fully saturated rings. The van der Waals surface area contributed by atoms with E-state index in [1.54, 1.807) is 0 Å². The van der Waals surface area contributed by atoms with Crippen molar-refractivity contribution in [2.45, 2.75) is 39.0 Å². The zero-order valence-corrected chi connectivity index (χ0v) is 16.5. The minimum absolute atomic E-state index is 0.993. The molecule has 0 spiro atoms. The van der Waals surface area contributed by atoms with Crippen LogP contribution in [0.4, 0.5) is 0 Å². The normalized spacial score (nSPS) is 13.2. The lowest BCUT2D eigenvalue weighted by atomic mass is 9.94. The number of aromatic nitrogens is 1. The third-order valence-corrected chi connectivity index (χ3v) is 5.34. The van der Waals surface area contributed by atoms with Crippen molar-refractivity contribution in [2.24, 2.45) is 0 Å². The second-order valence-corrected chi connectivity index (χ2v) is 7.38. The predicted molar refractivity (Wildman–Crippen MR) is 120 cm³/mol. The summed E-state index contributed by atoms with van der Waals surface area (Å²) in [6.45, 7) is 2.26. The molecule has 1 aromatic heterocycles. The van der Waals surface area contributed by atoms with E-state index in [2.05, 4.69) is 84.7 Å². The van der Waals surface area contributed by atoms with Crippen molar-refractivity contribution in [3.05, 3.63) is 102 Å². The molecule has 0 bridgehead atoms. The molecule has 4 rings (SSSR count). The molecule has 0 amide bonds. The van der Waals surface area contributed by atoms with Gasteiger partial charge < -0.3 is 0 Å². The zero-order valence-electron chi connectivity index (χ0n) is 16.5. The fraction of sp³-hybridized carbons (Fsp3) is 0.222. The average molecular weight is 365 g/mol. The molecule has 0 saturated carbocycles. The van der Waals surface area contributed by atoms with Gasteiger partial charge in [-0.05, 0) is 35.9 Å². The molecular formula is C27H26N+. The van der Waals surface area contributed by atoms with Crippen LogP contribution in [0.25, 0.3) is 21.9 Å². The van der Waals surface area contributed by atoms with E-state index >= 15 is 0 Å². The number of fused-ring (bicyclic) bond motifs is 1. The van der Waals surface area contributed by atoms with Crippen LogP contribution in [0.15, 0.2) is 79.0 Å². The molecule has 1 heteroatoms. The first-order chi connectivity index (χ1) is 13.8. The Hall–Kier alpha value is -3.02. The van der Waals surface area contributed by atoms with E-state index in [-0.39, 0.29) is 0 Å². The van der Waals surface area contributed by atoms with E-state index in [0.717, 1.165) is 11.3 Å². The first-order valence-corrected chi connectivity index (χ1v) is 10.3. The average Bonchev–Trinajstić information content (AvgIpc) is 2.77. The number of hydrogen-bond acceptors (Lipinski definition) is 1. The van der Waals surface area contributed by atoms with Gasteiger partial charge in [0.15, 0.2) is 11.3 Å². The fourth-order valence-corrected chi connectivity index (χ4v) is 3.74. The van der Waals surface area contributed by atoms with Gasteiger partial charge in [0.25, 0.3) is 0 Å². The van der Waals surface area contributed by atoms with Gasteiger partial charge in [-0.25, -0.2) is 4.98 Å². The van der Waals surface area contributed by atoms with Crippen LogP contribution in [0.5, 0.6) is 0 Å². The van der Waals surface area contributed by atoms with Crippen LogP contribution in [-0.4, -0.2) is 4.98 Å². The quantitative estimate of drug-likeness (QED) is 0.319. The van der Waals surface area contributed by atoms with E-state index in [1.807, 2.05) is 12.3 Å². The maximum atomic E-state index is 4.64. The van der Waals surface area contributed by atoms with Gasteiger partial charge in [-0.15, -0.1) is 0 Å². The lowest BCUT2D eigenvalue weighted by Crippen LogP contribution is -1.94. The summed E-state index contributed by atoms with van der Waals surface area (Å²) in [7, 11) is 0. The minimum atomic E-state index is 0.993. The number of benzene rings is 2. The summed E-state index contributed by atoms with van der Waals surface area (Å²) in [5, 5.41) is 2.37. The Balaban J connectivity index is 1.55. The van der Waals surface area contributed by atoms with Crippen LogP contribution >= 0.6 is 0 Å². The lowest BCUT2D eigenvalue weighted by Gasteiger charge is -2.06. The van der Waals surface area contributed by atoms with Gasteiger partial charge in [-0.2, -0.15) is 0 Å². The smallest absolute Gasteiger partial charge is 0.175 e. The molecule has 138 valence electrons. The molecule has 2 aromatic carbocycles. The number of nitrogens with zero attached hydrogens (tertiary/aromatic N) is 1. The Morgan fingerprint density at radius 1 is 0.893 bits per heavy atom. The van der Waals surface area contributed by atoms with Crippen LogP contribution in [0.2, 0.25) is 0 Å². The third-order valence-electron chi connectivity index (χ3n) is 5.34. The van der Waals surface area contributed by atoms with Crippen LogP contribution in [0, 0.1) is 6.08 Å². The van der Waals surface area contributed by atoms with E-state index in [0.29, 0.717) is 0 Å². The molecular weight excluding hydrogens is 338 g/mol. The minimum Gasteiger partial charge on any atom is -0.205 e. The van der Waals surface area contributed by atoms with Gasteiger partial charge in [-0.3, -0.25) is 0 Å². The molecule has 1 nitrogen and oxygen atoms in total. The highest BCUT2D eigenvalue weighted by molar-refractivity contribution is 5.98. The predicted octanol–water partition coefficient (Wildman–Crippen LogP) is 7.20. The second kappa shape index (κ2) is 8.78. The molecule has 0 aliphatic heterocycles. The molecule has 0 atom stereocenters. The number of rotatable bonds is 7. The van der Waals surface area contributed by atoms with Gasteiger partial charge in [-0.1, -0.05) is 68.7 Å². The number of unbranched alkanes of at least 4 members (excludes halogenated alkanes) is 3. The Morgan fingerprint density at radius 2 is 1.75 bits per heavy atom. The molecule has 0 saturated heterocycles. The van der Waals surface area contributed by atoms with Gasteiger partial charge >= 0.3 is 0 Å². The SMILES string of the molecule is CCCCCCc1ccc(C2=CC(c3nccc4ccccc34)=[C+]C=C2)cc1. The molecule has 1 aliphatic rings. The first kappa shape index (κ1) is 18.3. The number of hydrogen-bond donors (Lipinski definition) is 0. The standard InChI is InChI=1S/C27H26N/c1-2-3-4-5-9-21-14-16-22(17-15-21)24-11-8-12-25(20-24)27-26-13-7-6-10-23(26)18-19-28-27/h6-8,10-11,13-20H,2-5,9H2,1H3/q+1. The Labute approximate surface area is 168 Å². The highest BCUT2D eigenvalue weighted by Crippen LogP contribution is 2.30. The fourth-order valence-electron chi connectivity index (χ4n) is 3.74. The number of allylic oxidation sites excluding steroid dienone is 6. The van der Waals surface area contributed by atoms with Gasteiger partial charge in [0.2, 0.25) is 0 Å². The topological polar surface area (TPSA) is 12.9 Å². The van der Waals surface area contributed by atoms with Crippen molar-refractivity contribution in [1.82, 2.24) is 4.98 Å². The Kier molecular flexibility index (Phi) is 5.75. The highest BCUT2D eigenvalue weighted by Gasteiger charge is 2.18. The maximum Gasteiger partial charge on any atom is 0.175 e. The van der Waals surface area contributed by atoms with E-state index in [9.17, 15) is 0 Å². The van der Waals surface area contributed by atoms with E-state index in [1.165, 1.54) is 59.6 Å². The molecule has 3 aromatic rings. The summed E-state index contributed by atoms with van der Waals surface area (Å²) < 4.78 is 0. The van der Waals surface area contributed by atoms with Crippen molar-refractivity contribution < 1.29 is 0 Å². The number of aryl methyl sites for hydroxylation is 1. The van der Waals surface area contributed by atoms with Crippen molar-refractivity contribution in [1.29, 1.82) is 0 Å². The third kappa shape index (κ3) is 4.11.